The zero-order valence-electron chi connectivity index (χ0n) is 19.5. The van der Waals surface area contributed by atoms with Gasteiger partial charge in [0.05, 0.1) is 24.8 Å². The monoisotopic (exact) mass is 497 g/mol. The van der Waals surface area contributed by atoms with Gasteiger partial charge < -0.3 is 14.5 Å². The summed E-state index contributed by atoms with van der Waals surface area (Å²) >= 11 is 1.32. The van der Waals surface area contributed by atoms with Gasteiger partial charge in [-0.3, -0.25) is 14.3 Å². The molecule has 180 valence electrons. The lowest BCUT2D eigenvalue weighted by molar-refractivity contribution is -0.113. The second-order valence-corrected chi connectivity index (χ2v) is 8.91. The molecule has 3 aromatic heterocycles. The van der Waals surface area contributed by atoms with Crippen molar-refractivity contribution in [3.63, 3.8) is 0 Å². The Morgan fingerprint density at radius 1 is 1.06 bits per heavy atom. The molecule has 0 atom stereocenters. The average Bonchev–Trinajstić information content (AvgIpc) is 3.56. The van der Waals surface area contributed by atoms with Gasteiger partial charge in [0.25, 0.3) is 0 Å². The molecule has 0 aliphatic carbocycles. The number of ether oxygens (including phenoxy) is 1. The van der Waals surface area contributed by atoms with Gasteiger partial charge in [0, 0.05) is 11.9 Å². The fourth-order valence-electron chi connectivity index (χ4n) is 3.60. The fourth-order valence-corrected chi connectivity index (χ4v) is 4.33. The third-order valence-corrected chi connectivity index (χ3v) is 6.26. The third kappa shape index (κ3) is 5.64. The van der Waals surface area contributed by atoms with Crippen LogP contribution in [0.2, 0.25) is 0 Å². The van der Waals surface area contributed by atoms with E-state index < -0.39 is 0 Å². The van der Waals surface area contributed by atoms with E-state index in [2.05, 4.69) is 20.5 Å². The molecule has 0 spiro atoms. The van der Waals surface area contributed by atoms with Crippen LogP contribution in [0.1, 0.15) is 11.1 Å². The standard InChI is InChI=1S/C27H23N5O3S/c1-19-15-21(11-12-23(19)35-22-9-5-13-28-16-22)29-25(33)18-36-27-31-30-26(24-10-6-14-34-24)32(27)17-20-7-3-2-4-8-20/h2-16H,17-18H2,1H3,(H,29,33). The third-order valence-electron chi connectivity index (χ3n) is 5.30. The molecule has 3 heterocycles. The minimum absolute atomic E-state index is 0.144. The van der Waals surface area contributed by atoms with Crippen molar-refractivity contribution >= 4 is 23.4 Å². The first-order chi connectivity index (χ1) is 17.7. The molecule has 36 heavy (non-hydrogen) atoms. The van der Waals surface area contributed by atoms with Crippen LogP contribution in [0.15, 0.2) is 101 Å². The summed E-state index contributed by atoms with van der Waals surface area (Å²) in [5.41, 5.74) is 2.69. The zero-order valence-corrected chi connectivity index (χ0v) is 20.3. The first kappa shape index (κ1) is 23.4. The number of furan rings is 1. The smallest absolute Gasteiger partial charge is 0.234 e. The molecule has 1 N–H and O–H groups in total. The van der Waals surface area contributed by atoms with Gasteiger partial charge >= 0.3 is 0 Å². The summed E-state index contributed by atoms with van der Waals surface area (Å²) in [5, 5.41) is 12.2. The minimum atomic E-state index is -0.144. The maximum absolute atomic E-state index is 12.7. The Kier molecular flexibility index (Phi) is 7.09. The number of hydrogen-bond acceptors (Lipinski definition) is 7. The Bertz CT molecular complexity index is 1440. The van der Waals surface area contributed by atoms with Crippen molar-refractivity contribution < 1.29 is 13.9 Å². The van der Waals surface area contributed by atoms with E-state index in [1.807, 2.05) is 84.3 Å². The quantitative estimate of drug-likeness (QED) is 0.257. The van der Waals surface area contributed by atoms with Gasteiger partial charge in [-0.05, 0) is 60.5 Å². The molecule has 0 unspecified atom stereocenters. The van der Waals surface area contributed by atoms with E-state index in [-0.39, 0.29) is 11.7 Å². The number of hydrogen-bond donors (Lipinski definition) is 1. The molecule has 0 aliphatic heterocycles. The predicted octanol–water partition coefficient (Wildman–Crippen LogP) is 5.81. The molecule has 5 rings (SSSR count). The van der Waals surface area contributed by atoms with Gasteiger partial charge in [-0.1, -0.05) is 42.1 Å². The number of pyridine rings is 1. The summed E-state index contributed by atoms with van der Waals surface area (Å²) in [6.45, 7) is 2.49. The van der Waals surface area contributed by atoms with E-state index in [0.29, 0.717) is 40.5 Å². The first-order valence-corrected chi connectivity index (χ1v) is 12.3. The van der Waals surface area contributed by atoms with Crippen LogP contribution >= 0.6 is 11.8 Å². The average molecular weight is 498 g/mol. The molecular formula is C27H23N5O3S. The van der Waals surface area contributed by atoms with Crippen LogP contribution in [0.4, 0.5) is 5.69 Å². The summed E-state index contributed by atoms with van der Waals surface area (Å²) in [4.78, 5) is 16.8. The summed E-state index contributed by atoms with van der Waals surface area (Å²) in [7, 11) is 0. The van der Waals surface area contributed by atoms with E-state index in [1.54, 1.807) is 18.7 Å². The summed E-state index contributed by atoms with van der Waals surface area (Å²) < 4.78 is 13.4. The second kappa shape index (κ2) is 10.9. The topological polar surface area (TPSA) is 95.1 Å². The van der Waals surface area contributed by atoms with Crippen LogP contribution in [0.5, 0.6) is 11.5 Å². The van der Waals surface area contributed by atoms with Crippen molar-refractivity contribution in [2.75, 3.05) is 11.1 Å². The Hall–Kier alpha value is -4.37. The van der Waals surface area contributed by atoms with Gasteiger partial charge in [-0.25, -0.2) is 0 Å². The van der Waals surface area contributed by atoms with Crippen molar-refractivity contribution in [3.05, 3.63) is 103 Å². The zero-order chi connectivity index (χ0) is 24.7. The molecule has 0 radical (unpaired) electrons. The maximum Gasteiger partial charge on any atom is 0.234 e. The molecule has 5 aromatic rings. The van der Waals surface area contributed by atoms with Crippen molar-refractivity contribution in [1.29, 1.82) is 0 Å². The summed E-state index contributed by atoms with van der Waals surface area (Å²) in [5.74, 6) is 2.63. The Balaban J connectivity index is 1.25. The Labute approximate surface area is 212 Å². The van der Waals surface area contributed by atoms with Gasteiger partial charge in [0.1, 0.15) is 11.5 Å². The van der Waals surface area contributed by atoms with Crippen LogP contribution in [0.3, 0.4) is 0 Å². The molecular weight excluding hydrogens is 474 g/mol. The molecule has 0 bridgehead atoms. The number of benzene rings is 2. The van der Waals surface area contributed by atoms with Crippen molar-refractivity contribution in [2.24, 2.45) is 0 Å². The number of anilines is 1. The normalized spacial score (nSPS) is 10.8. The number of nitrogens with one attached hydrogen (secondary N) is 1. The molecule has 0 saturated carbocycles. The largest absolute Gasteiger partial charge is 0.461 e. The predicted molar refractivity (Wildman–Crippen MR) is 138 cm³/mol. The van der Waals surface area contributed by atoms with Gasteiger partial charge in [-0.15, -0.1) is 10.2 Å². The molecule has 9 heteroatoms. The maximum atomic E-state index is 12.7. The molecule has 0 aliphatic rings. The number of amides is 1. The lowest BCUT2D eigenvalue weighted by Gasteiger charge is -2.11. The number of aryl methyl sites for hydroxylation is 1. The molecule has 1 amide bonds. The highest BCUT2D eigenvalue weighted by Crippen LogP contribution is 2.28. The van der Waals surface area contributed by atoms with E-state index in [0.717, 1.165) is 11.1 Å². The number of nitrogens with zero attached hydrogens (tertiary/aromatic N) is 4. The number of aromatic nitrogens is 4. The lowest BCUT2D eigenvalue weighted by atomic mass is 10.2. The summed E-state index contributed by atoms with van der Waals surface area (Å²) in [6, 6.07) is 22.9. The number of rotatable bonds is 9. The van der Waals surface area contributed by atoms with Gasteiger partial charge in [-0.2, -0.15) is 0 Å². The minimum Gasteiger partial charge on any atom is -0.461 e. The highest BCUT2D eigenvalue weighted by Gasteiger charge is 2.18. The van der Waals surface area contributed by atoms with Crippen molar-refractivity contribution in [1.82, 2.24) is 19.7 Å². The SMILES string of the molecule is Cc1cc(NC(=O)CSc2nnc(-c3ccco3)n2Cc2ccccc2)ccc1Oc1cccnc1. The first-order valence-electron chi connectivity index (χ1n) is 11.3. The number of thioether (sulfide) groups is 1. The van der Waals surface area contributed by atoms with E-state index in [4.69, 9.17) is 9.15 Å². The van der Waals surface area contributed by atoms with E-state index in [1.165, 1.54) is 11.8 Å². The van der Waals surface area contributed by atoms with Gasteiger partial charge in [0.15, 0.2) is 10.9 Å². The van der Waals surface area contributed by atoms with Crippen LogP contribution in [-0.4, -0.2) is 31.4 Å². The highest BCUT2D eigenvalue weighted by molar-refractivity contribution is 7.99. The van der Waals surface area contributed by atoms with Crippen molar-refractivity contribution in [3.8, 4) is 23.1 Å². The summed E-state index contributed by atoms with van der Waals surface area (Å²) in [6.07, 6.45) is 4.95. The Morgan fingerprint density at radius 2 is 1.94 bits per heavy atom. The van der Waals surface area contributed by atoms with Crippen molar-refractivity contribution in [2.45, 2.75) is 18.6 Å². The van der Waals surface area contributed by atoms with Crippen LogP contribution in [-0.2, 0) is 11.3 Å². The molecule has 0 saturated heterocycles. The fraction of sp³-hybridized carbons (Fsp3) is 0.111. The Morgan fingerprint density at radius 3 is 2.69 bits per heavy atom. The molecule has 2 aromatic carbocycles. The van der Waals surface area contributed by atoms with Crippen LogP contribution in [0, 0.1) is 6.92 Å². The van der Waals surface area contributed by atoms with Crippen LogP contribution in [0.25, 0.3) is 11.6 Å². The number of carbonyl (C=O) groups excluding carboxylic acids is 1. The van der Waals surface area contributed by atoms with E-state index >= 15 is 0 Å². The highest BCUT2D eigenvalue weighted by atomic mass is 32.2. The lowest BCUT2D eigenvalue weighted by Crippen LogP contribution is -2.15. The second-order valence-electron chi connectivity index (χ2n) is 7.96. The molecule has 8 nitrogen and oxygen atoms in total. The number of carbonyl (C=O) groups is 1. The molecule has 0 fully saturated rings. The van der Waals surface area contributed by atoms with Gasteiger partial charge in [0.2, 0.25) is 11.7 Å². The van der Waals surface area contributed by atoms with Crippen LogP contribution < -0.4 is 10.1 Å². The van der Waals surface area contributed by atoms with E-state index in [9.17, 15) is 4.79 Å².